The topological polar surface area (TPSA) is 70.4 Å². The molecule has 2 aliphatic rings. The summed E-state index contributed by atoms with van der Waals surface area (Å²) in [5.41, 5.74) is 1.19. The number of rotatable bonds is 4. The molecule has 1 aromatic heterocycles. The smallest absolute Gasteiger partial charge is 0.321 e. The molecular weight excluding hydrogens is 335 g/mol. The number of piperidine rings is 1. The number of aliphatic hydroxyl groups excluding tert-OH is 1. The van der Waals surface area contributed by atoms with Crippen LogP contribution in [0.5, 0.6) is 0 Å². The van der Waals surface area contributed by atoms with Gasteiger partial charge in [-0.1, -0.05) is 12.1 Å². The molecule has 1 aliphatic heterocycles. The molecule has 0 spiro atoms. The van der Waals surface area contributed by atoms with E-state index in [4.69, 9.17) is 0 Å². The van der Waals surface area contributed by atoms with Crippen LogP contribution in [-0.4, -0.2) is 45.5 Å². The van der Waals surface area contributed by atoms with Crippen molar-refractivity contribution >= 4 is 11.7 Å². The van der Waals surface area contributed by atoms with Crippen molar-refractivity contribution in [2.45, 2.75) is 37.1 Å². The molecule has 1 aromatic carbocycles. The number of anilines is 1. The molecule has 6 nitrogen and oxygen atoms in total. The number of para-hydroxylation sites is 1. The van der Waals surface area contributed by atoms with E-state index in [1.165, 1.54) is 6.07 Å². The minimum absolute atomic E-state index is 0.115. The van der Waals surface area contributed by atoms with E-state index in [2.05, 4.69) is 10.4 Å². The average Bonchev–Trinajstić information content (AvgIpc) is 3.31. The summed E-state index contributed by atoms with van der Waals surface area (Å²) in [4.78, 5) is 14.1. The fourth-order valence-electron chi connectivity index (χ4n) is 3.74. The largest absolute Gasteiger partial charge is 0.395 e. The highest BCUT2D eigenvalue weighted by molar-refractivity contribution is 5.89. The molecule has 7 heteroatoms. The Bertz CT molecular complexity index is 794. The molecule has 2 aromatic rings. The molecule has 1 saturated carbocycles. The summed E-state index contributed by atoms with van der Waals surface area (Å²) >= 11 is 0. The number of nitrogens with one attached hydrogen (secondary N) is 1. The van der Waals surface area contributed by atoms with Crippen LogP contribution in [0.1, 0.15) is 37.4 Å². The number of carbonyl (C=O) groups excluding carboxylic acids is 1. The zero-order chi connectivity index (χ0) is 18.1. The van der Waals surface area contributed by atoms with Crippen LogP contribution < -0.4 is 5.32 Å². The van der Waals surface area contributed by atoms with Crippen molar-refractivity contribution in [3.05, 3.63) is 48.0 Å². The predicted octanol–water partition coefficient (Wildman–Crippen LogP) is 2.92. The Kier molecular flexibility index (Phi) is 4.40. The Balaban J connectivity index is 1.38. The molecule has 0 radical (unpaired) electrons. The van der Waals surface area contributed by atoms with E-state index in [-0.39, 0.29) is 29.8 Å². The predicted molar refractivity (Wildman–Crippen MR) is 95.5 cm³/mol. The molecule has 0 unspecified atom stereocenters. The first-order valence-corrected chi connectivity index (χ1v) is 9.08. The van der Waals surface area contributed by atoms with E-state index < -0.39 is 5.82 Å². The molecule has 26 heavy (non-hydrogen) atoms. The number of aliphatic hydroxyl groups is 1. The zero-order valence-corrected chi connectivity index (χ0v) is 14.6. The maximum atomic E-state index is 13.7. The highest BCUT2D eigenvalue weighted by Gasteiger charge is 2.47. The Labute approximate surface area is 151 Å². The van der Waals surface area contributed by atoms with Crippen LogP contribution in [0.4, 0.5) is 14.9 Å². The summed E-state index contributed by atoms with van der Waals surface area (Å²) in [5.74, 6) is -0.435. The van der Waals surface area contributed by atoms with Gasteiger partial charge in [-0.15, -0.1) is 0 Å². The van der Waals surface area contributed by atoms with Crippen LogP contribution in [0.3, 0.4) is 0 Å². The molecule has 1 saturated heterocycles. The minimum Gasteiger partial charge on any atom is -0.395 e. The number of likely N-dealkylation sites (tertiary alicyclic amines) is 1. The monoisotopic (exact) mass is 358 g/mol. The van der Waals surface area contributed by atoms with Gasteiger partial charge < -0.3 is 15.3 Å². The van der Waals surface area contributed by atoms with Crippen molar-refractivity contribution in [3.63, 3.8) is 0 Å². The third-order valence-electron chi connectivity index (χ3n) is 5.58. The van der Waals surface area contributed by atoms with E-state index in [0.29, 0.717) is 13.1 Å². The van der Waals surface area contributed by atoms with Gasteiger partial charge in [0.05, 0.1) is 18.3 Å². The lowest BCUT2D eigenvalue weighted by Gasteiger charge is -2.33. The third kappa shape index (κ3) is 3.07. The van der Waals surface area contributed by atoms with Crippen LogP contribution in [0, 0.1) is 5.82 Å². The molecule has 4 rings (SSSR count). The summed E-state index contributed by atoms with van der Waals surface area (Å²) in [6.07, 6.45) is 5.38. The highest BCUT2D eigenvalue weighted by atomic mass is 19.1. The van der Waals surface area contributed by atoms with Gasteiger partial charge in [-0.2, -0.15) is 5.10 Å². The standard InChI is InChI=1S/C19H23FN4O2/c20-15-3-1-2-4-16(15)22-18(26)23-11-6-14(7-12-23)24-17(5-10-21-24)19(13-25)8-9-19/h1-5,10,14,25H,6-9,11-13H2,(H,22,26). The van der Waals surface area contributed by atoms with Crippen molar-refractivity contribution in [3.8, 4) is 0 Å². The molecule has 0 bridgehead atoms. The number of hydrogen-bond acceptors (Lipinski definition) is 3. The number of benzene rings is 1. The first kappa shape index (κ1) is 17.0. The zero-order valence-electron chi connectivity index (χ0n) is 14.6. The first-order valence-electron chi connectivity index (χ1n) is 9.08. The highest BCUT2D eigenvalue weighted by Crippen LogP contribution is 2.48. The Morgan fingerprint density at radius 3 is 2.65 bits per heavy atom. The summed E-state index contributed by atoms with van der Waals surface area (Å²) in [7, 11) is 0. The number of halogens is 1. The lowest BCUT2D eigenvalue weighted by Crippen LogP contribution is -2.42. The number of hydrogen-bond donors (Lipinski definition) is 2. The molecule has 2 fully saturated rings. The van der Waals surface area contributed by atoms with Gasteiger partial charge in [0.15, 0.2) is 0 Å². The molecule has 138 valence electrons. The van der Waals surface area contributed by atoms with Gasteiger partial charge in [0, 0.05) is 30.4 Å². The maximum absolute atomic E-state index is 13.7. The van der Waals surface area contributed by atoms with Gasteiger partial charge in [0.2, 0.25) is 0 Å². The van der Waals surface area contributed by atoms with E-state index >= 15 is 0 Å². The number of amides is 2. The van der Waals surface area contributed by atoms with Gasteiger partial charge in [0.25, 0.3) is 0 Å². The molecule has 2 amide bonds. The number of nitrogens with zero attached hydrogens (tertiary/aromatic N) is 3. The van der Waals surface area contributed by atoms with E-state index in [0.717, 1.165) is 31.4 Å². The van der Waals surface area contributed by atoms with E-state index in [9.17, 15) is 14.3 Å². The average molecular weight is 358 g/mol. The fourth-order valence-corrected chi connectivity index (χ4v) is 3.74. The number of aromatic nitrogens is 2. The Hall–Kier alpha value is -2.41. The molecule has 2 heterocycles. The maximum Gasteiger partial charge on any atom is 0.321 e. The van der Waals surface area contributed by atoms with Crippen LogP contribution in [0.15, 0.2) is 36.5 Å². The number of urea groups is 1. The van der Waals surface area contributed by atoms with Crippen LogP contribution in [0.2, 0.25) is 0 Å². The van der Waals surface area contributed by atoms with Gasteiger partial charge in [0.1, 0.15) is 5.82 Å². The van der Waals surface area contributed by atoms with Gasteiger partial charge in [-0.05, 0) is 43.9 Å². The first-order chi connectivity index (χ1) is 12.6. The molecular formula is C19H23FN4O2. The lowest BCUT2D eigenvalue weighted by molar-refractivity contribution is 0.176. The second-order valence-corrected chi connectivity index (χ2v) is 7.23. The third-order valence-corrected chi connectivity index (χ3v) is 5.58. The molecule has 1 aliphatic carbocycles. The summed E-state index contributed by atoms with van der Waals surface area (Å²) < 4.78 is 15.7. The van der Waals surface area contributed by atoms with Crippen molar-refractivity contribution < 1.29 is 14.3 Å². The van der Waals surface area contributed by atoms with Crippen molar-refractivity contribution in [1.82, 2.24) is 14.7 Å². The van der Waals surface area contributed by atoms with Crippen molar-refractivity contribution in [2.75, 3.05) is 25.0 Å². The minimum atomic E-state index is -0.435. The lowest BCUT2D eigenvalue weighted by atomic mass is 10.0. The van der Waals surface area contributed by atoms with E-state index in [1.54, 1.807) is 29.3 Å². The van der Waals surface area contributed by atoms with Gasteiger partial charge in [-0.25, -0.2) is 9.18 Å². The van der Waals surface area contributed by atoms with Crippen LogP contribution >= 0.6 is 0 Å². The summed E-state index contributed by atoms with van der Waals surface area (Å²) in [6, 6.07) is 8.12. The SMILES string of the molecule is O=C(Nc1ccccc1F)N1CCC(n2nccc2C2(CO)CC2)CC1. The molecule has 0 atom stereocenters. The second-order valence-electron chi connectivity index (χ2n) is 7.23. The Morgan fingerprint density at radius 2 is 2.00 bits per heavy atom. The summed E-state index contributed by atoms with van der Waals surface area (Å²) in [6.45, 7) is 1.34. The van der Waals surface area contributed by atoms with Gasteiger partial charge >= 0.3 is 6.03 Å². The fraction of sp³-hybridized carbons (Fsp3) is 0.474. The quantitative estimate of drug-likeness (QED) is 0.883. The normalized spacial score (nSPS) is 19.4. The molecule has 2 N–H and O–H groups in total. The second kappa shape index (κ2) is 6.72. The number of carbonyl (C=O) groups is 1. The van der Waals surface area contributed by atoms with Gasteiger partial charge in [-0.3, -0.25) is 4.68 Å². The van der Waals surface area contributed by atoms with Crippen molar-refractivity contribution in [2.24, 2.45) is 0 Å². The van der Waals surface area contributed by atoms with Crippen molar-refractivity contribution in [1.29, 1.82) is 0 Å². The van der Waals surface area contributed by atoms with E-state index in [1.807, 2.05) is 10.7 Å². The Morgan fingerprint density at radius 1 is 1.27 bits per heavy atom. The van der Waals surface area contributed by atoms with Crippen LogP contribution in [0.25, 0.3) is 0 Å². The van der Waals surface area contributed by atoms with Crippen LogP contribution in [-0.2, 0) is 5.41 Å². The summed E-state index contributed by atoms with van der Waals surface area (Å²) in [5, 5.41) is 16.8.